The summed E-state index contributed by atoms with van der Waals surface area (Å²) in [7, 11) is 1.75. The molecule has 0 bridgehead atoms. The van der Waals surface area contributed by atoms with E-state index in [-0.39, 0.29) is 24.8 Å². The van der Waals surface area contributed by atoms with Crippen LogP contribution in [0.2, 0.25) is 0 Å². The molecule has 2 aliphatic rings. The van der Waals surface area contributed by atoms with Crippen molar-refractivity contribution in [1.29, 1.82) is 0 Å². The number of aromatic amines is 1. The Hall–Kier alpha value is -2.58. The largest absolute Gasteiger partial charge is 0.398 e. The lowest BCUT2D eigenvalue weighted by Crippen LogP contribution is -2.53. The molecule has 2 amide bonds. The number of carbonyl (C=O) groups is 1. The first-order valence-electron chi connectivity index (χ1n) is 9.32. The Bertz CT molecular complexity index is 824. The Balaban J connectivity index is 1.29. The predicted octanol–water partition coefficient (Wildman–Crippen LogP) is 3.09. The molecule has 28 heavy (non-hydrogen) atoms. The molecule has 1 saturated heterocycles. The highest BCUT2D eigenvalue weighted by molar-refractivity contribution is 5.75. The molecule has 0 spiro atoms. The zero-order chi connectivity index (χ0) is 19.9. The number of amides is 2. The normalized spacial score (nSPS) is 18.6. The molecule has 4 rings (SSSR count). The molecular weight excluding hydrogens is 371 g/mol. The summed E-state index contributed by atoms with van der Waals surface area (Å²) >= 11 is 0. The highest BCUT2D eigenvalue weighted by atomic mass is 19.4. The van der Waals surface area contributed by atoms with Crippen LogP contribution in [-0.2, 0) is 11.8 Å². The number of likely N-dealkylation sites (N-methyl/N-ethyl adjacent to an activating group) is 1. The predicted molar refractivity (Wildman–Crippen MR) is 95.8 cm³/mol. The maximum absolute atomic E-state index is 13.2. The molecule has 6 nitrogen and oxygen atoms in total. The van der Waals surface area contributed by atoms with Crippen LogP contribution in [0.25, 0.3) is 0 Å². The molecule has 0 atom stereocenters. The summed E-state index contributed by atoms with van der Waals surface area (Å²) in [5.74, 6) is 0.171. The molecule has 2 heterocycles. The van der Waals surface area contributed by atoms with Gasteiger partial charge in [-0.15, -0.1) is 5.10 Å². The van der Waals surface area contributed by atoms with E-state index in [1.807, 2.05) is 0 Å². The van der Waals surface area contributed by atoms with Gasteiger partial charge in [0.2, 0.25) is 0 Å². The van der Waals surface area contributed by atoms with Crippen LogP contribution in [0, 0.1) is 0 Å². The van der Waals surface area contributed by atoms with Crippen LogP contribution < -0.4 is 0 Å². The minimum absolute atomic E-state index is 0.0469. The Morgan fingerprint density at radius 3 is 2.50 bits per heavy atom. The van der Waals surface area contributed by atoms with E-state index in [0.717, 1.165) is 11.3 Å². The van der Waals surface area contributed by atoms with Crippen LogP contribution >= 0.6 is 0 Å². The van der Waals surface area contributed by atoms with Gasteiger partial charge in [0.05, 0.1) is 17.3 Å². The fourth-order valence-corrected chi connectivity index (χ4v) is 3.75. The van der Waals surface area contributed by atoms with E-state index in [2.05, 4.69) is 15.4 Å². The van der Waals surface area contributed by atoms with Crippen LogP contribution in [0.5, 0.6) is 0 Å². The second-order valence-corrected chi connectivity index (χ2v) is 7.74. The Kier molecular flexibility index (Phi) is 4.55. The lowest BCUT2D eigenvalue weighted by atomic mass is 9.88. The fourth-order valence-electron chi connectivity index (χ4n) is 3.75. The van der Waals surface area contributed by atoms with Gasteiger partial charge in [-0.3, -0.25) is 5.10 Å². The number of benzene rings is 1. The SMILES string of the molecule is CN(CCc1cnn[nH]1)C(=O)N1CC(c2ccc(C3(C(F)(F)F)CC3)cc2)C1. The third-order valence-electron chi connectivity index (χ3n) is 5.89. The quantitative estimate of drug-likeness (QED) is 0.849. The van der Waals surface area contributed by atoms with Gasteiger partial charge in [-0.05, 0) is 24.0 Å². The van der Waals surface area contributed by atoms with Gasteiger partial charge in [0, 0.05) is 39.0 Å². The summed E-state index contributed by atoms with van der Waals surface area (Å²) in [4.78, 5) is 15.9. The van der Waals surface area contributed by atoms with E-state index >= 15 is 0 Å². The van der Waals surface area contributed by atoms with Gasteiger partial charge in [0.1, 0.15) is 0 Å². The van der Waals surface area contributed by atoms with Gasteiger partial charge >= 0.3 is 12.2 Å². The molecule has 1 aliphatic carbocycles. The number of aromatic nitrogens is 3. The molecule has 1 aromatic heterocycles. The van der Waals surface area contributed by atoms with E-state index < -0.39 is 11.6 Å². The number of hydrogen-bond donors (Lipinski definition) is 1. The molecule has 0 radical (unpaired) electrons. The van der Waals surface area contributed by atoms with Crippen LogP contribution in [0.1, 0.15) is 35.6 Å². The number of alkyl halides is 3. The number of H-pyrrole nitrogens is 1. The average Bonchev–Trinajstić information content (AvgIpc) is 3.29. The number of nitrogens with one attached hydrogen (secondary N) is 1. The standard InChI is InChI=1S/C19H22F3N5O/c1-26(9-6-16-10-23-25-24-16)17(28)27-11-14(12-27)13-2-4-15(5-3-13)18(7-8-18)19(20,21)22/h2-5,10,14H,6-9,11-12H2,1H3,(H,23,24,25). The Morgan fingerprint density at radius 1 is 1.29 bits per heavy atom. The third-order valence-corrected chi connectivity index (χ3v) is 5.89. The van der Waals surface area contributed by atoms with Crippen molar-refractivity contribution in [2.75, 3.05) is 26.7 Å². The monoisotopic (exact) mass is 393 g/mol. The van der Waals surface area contributed by atoms with E-state index in [1.165, 1.54) is 0 Å². The number of urea groups is 1. The minimum Gasteiger partial charge on any atom is -0.327 e. The van der Waals surface area contributed by atoms with Gasteiger partial charge in [0.25, 0.3) is 0 Å². The molecule has 9 heteroatoms. The van der Waals surface area contributed by atoms with Crippen LogP contribution in [0.4, 0.5) is 18.0 Å². The number of rotatable bonds is 5. The zero-order valence-corrected chi connectivity index (χ0v) is 15.5. The number of nitrogens with zero attached hydrogens (tertiary/aromatic N) is 4. The lowest BCUT2D eigenvalue weighted by Gasteiger charge is -2.41. The summed E-state index contributed by atoms with van der Waals surface area (Å²) in [6.45, 7) is 1.72. The van der Waals surface area contributed by atoms with Gasteiger partial charge in [0.15, 0.2) is 0 Å². The molecule has 1 aromatic carbocycles. The minimum atomic E-state index is -4.19. The first-order valence-corrected chi connectivity index (χ1v) is 9.32. The van der Waals surface area contributed by atoms with Crippen LogP contribution in [-0.4, -0.2) is 64.1 Å². The number of halogens is 3. The van der Waals surface area contributed by atoms with Crippen molar-refractivity contribution in [3.05, 3.63) is 47.3 Å². The Labute approximate surface area is 160 Å². The maximum atomic E-state index is 13.2. The van der Waals surface area contributed by atoms with Crippen molar-refractivity contribution >= 4 is 6.03 Å². The van der Waals surface area contributed by atoms with Crippen LogP contribution in [0.3, 0.4) is 0 Å². The molecule has 2 aromatic rings. The molecular formula is C19H22F3N5O. The summed E-state index contributed by atoms with van der Waals surface area (Å²) in [5.41, 5.74) is 0.564. The van der Waals surface area contributed by atoms with E-state index in [0.29, 0.717) is 31.6 Å². The smallest absolute Gasteiger partial charge is 0.327 e. The van der Waals surface area contributed by atoms with Crippen molar-refractivity contribution in [2.45, 2.75) is 36.8 Å². The van der Waals surface area contributed by atoms with Gasteiger partial charge in [-0.25, -0.2) is 4.79 Å². The first kappa shape index (κ1) is 18.8. The zero-order valence-electron chi connectivity index (χ0n) is 15.5. The van der Waals surface area contributed by atoms with Crippen LogP contribution in [0.15, 0.2) is 30.5 Å². The van der Waals surface area contributed by atoms with Crippen molar-refractivity contribution in [3.8, 4) is 0 Å². The molecule has 1 aliphatic heterocycles. The van der Waals surface area contributed by atoms with Crippen molar-refractivity contribution in [1.82, 2.24) is 25.2 Å². The second kappa shape index (κ2) is 6.79. The summed E-state index contributed by atoms with van der Waals surface area (Å²) in [6, 6.07) is 6.72. The van der Waals surface area contributed by atoms with Gasteiger partial charge in [-0.1, -0.05) is 29.5 Å². The average molecular weight is 393 g/mol. The maximum Gasteiger partial charge on any atom is 0.398 e. The van der Waals surface area contributed by atoms with Crippen molar-refractivity contribution < 1.29 is 18.0 Å². The molecule has 150 valence electrons. The van der Waals surface area contributed by atoms with Gasteiger partial charge in [-0.2, -0.15) is 13.2 Å². The number of carbonyl (C=O) groups excluding carboxylic acids is 1. The summed E-state index contributed by atoms with van der Waals surface area (Å²) in [6.07, 6.45) is -1.57. The lowest BCUT2D eigenvalue weighted by molar-refractivity contribution is -0.160. The highest BCUT2D eigenvalue weighted by Gasteiger charge is 2.64. The topological polar surface area (TPSA) is 65.1 Å². The van der Waals surface area contributed by atoms with Crippen molar-refractivity contribution in [2.24, 2.45) is 0 Å². The fraction of sp³-hybridized carbons (Fsp3) is 0.526. The summed E-state index contributed by atoms with van der Waals surface area (Å²) in [5, 5.41) is 10.1. The first-order chi connectivity index (χ1) is 13.3. The Morgan fingerprint density at radius 2 is 1.96 bits per heavy atom. The van der Waals surface area contributed by atoms with E-state index in [4.69, 9.17) is 0 Å². The molecule has 1 N–H and O–H groups in total. The number of hydrogen-bond acceptors (Lipinski definition) is 3. The molecule has 2 fully saturated rings. The number of likely N-dealkylation sites (tertiary alicyclic amines) is 1. The second-order valence-electron chi connectivity index (χ2n) is 7.74. The highest BCUT2D eigenvalue weighted by Crippen LogP contribution is 2.58. The molecule has 1 saturated carbocycles. The molecule has 0 unspecified atom stereocenters. The third kappa shape index (κ3) is 3.33. The van der Waals surface area contributed by atoms with Crippen molar-refractivity contribution in [3.63, 3.8) is 0 Å². The summed E-state index contributed by atoms with van der Waals surface area (Å²) < 4.78 is 39.7. The van der Waals surface area contributed by atoms with E-state index in [1.54, 1.807) is 47.3 Å². The van der Waals surface area contributed by atoms with E-state index in [9.17, 15) is 18.0 Å². The van der Waals surface area contributed by atoms with Gasteiger partial charge < -0.3 is 9.80 Å².